The van der Waals surface area contributed by atoms with Crippen LogP contribution in [-0.4, -0.2) is 67.2 Å². The lowest BCUT2D eigenvalue weighted by Crippen LogP contribution is -2.51. The van der Waals surface area contributed by atoms with Gasteiger partial charge in [-0.1, -0.05) is 17.2 Å². The van der Waals surface area contributed by atoms with E-state index in [1.54, 1.807) is 20.8 Å². The number of alkyl halides is 1. The van der Waals surface area contributed by atoms with E-state index in [1.165, 1.54) is 11.6 Å². The fraction of sp³-hybridized carbons (Fsp3) is 0.759. The van der Waals surface area contributed by atoms with Crippen LogP contribution in [0.3, 0.4) is 0 Å². The van der Waals surface area contributed by atoms with E-state index in [1.807, 2.05) is 0 Å². The highest BCUT2D eigenvalue weighted by molar-refractivity contribution is 5.68. The van der Waals surface area contributed by atoms with Crippen LogP contribution in [0.5, 0.6) is 0 Å². The van der Waals surface area contributed by atoms with Crippen molar-refractivity contribution >= 4 is 6.09 Å². The topological polar surface area (TPSA) is 89.1 Å². The van der Waals surface area contributed by atoms with Gasteiger partial charge in [-0.25, -0.2) is 13.6 Å². The van der Waals surface area contributed by atoms with Crippen LogP contribution in [0.15, 0.2) is 35.2 Å². The predicted octanol–water partition coefficient (Wildman–Crippen LogP) is 5.01. The first-order chi connectivity index (χ1) is 18.0. The molecule has 5 atom stereocenters. The Morgan fingerprint density at radius 3 is 2.74 bits per heavy atom. The fourth-order valence-electron chi connectivity index (χ4n) is 5.87. The molecule has 1 saturated carbocycles. The summed E-state index contributed by atoms with van der Waals surface area (Å²) in [6, 6.07) is -0.756. The highest BCUT2D eigenvalue weighted by atomic mass is 19.1. The van der Waals surface area contributed by atoms with Gasteiger partial charge in [0.15, 0.2) is 0 Å². The monoisotopic (exact) mass is 538 g/mol. The maximum atomic E-state index is 14.0. The van der Waals surface area contributed by atoms with Crippen LogP contribution >= 0.6 is 0 Å². The maximum Gasteiger partial charge on any atom is 0.407 e. The number of alkyl carbamates (subject to hydrolysis) is 1. The molecule has 1 heterocycles. The highest BCUT2D eigenvalue weighted by Crippen LogP contribution is 2.48. The Morgan fingerprint density at radius 2 is 2.03 bits per heavy atom. The van der Waals surface area contributed by atoms with Gasteiger partial charge in [-0.15, -0.1) is 0 Å². The average molecular weight is 539 g/mol. The first-order valence-corrected chi connectivity index (χ1v) is 14.0. The van der Waals surface area contributed by atoms with E-state index < -0.39 is 35.8 Å². The number of carbonyl (C=O) groups is 1. The summed E-state index contributed by atoms with van der Waals surface area (Å²) in [5.41, 5.74) is 1.05. The van der Waals surface area contributed by atoms with Crippen LogP contribution in [0, 0.1) is 11.8 Å². The van der Waals surface area contributed by atoms with Crippen molar-refractivity contribution in [2.75, 3.05) is 26.6 Å². The molecule has 1 saturated heterocycles. The summed E-state index contributed by atoms with van der Waals surface area (Å²) in [6.07, 6.45) is 7.88. The second-order valence-corrected chi connectivity index (χ2v) is 12.3. The lowest BCUT2D eigenvalue weighted by molar-refractivity contribution is -0.0379. The third kappa shape index (κ3) is 8.34. The minimum absolute atomic E-state index is 0.0359. The second kappa shape index (κ2) is 12.6. The fourth-order valence-corrected chi connectivity index (χ4v) is 5.87. The van der Waals surface area contributed by atoms with Crippen LogP contribution in [0.25, 0.3) is 0 Å². The summed E-state index contributed by atoms with van der Waals surface area (Å²) in [6.45, 7) is 7.36. The minimum Gasteiger partial charge on any atom is -0.444 e. The molecule has 214 valence electrons. The molecule has 1 amide bonds. The molecule has 3 N–H and O–H groups in total. The van der Waals surface area contributed by atoms with Crippen LogP contribution in [0.2, 0.25) is 0 Å². The van der Waals surface area contributed by atoms with Crippen molar-refractivity contribution in [2.24, 2.45) is 11.8 Å². The molecule has 4 aliphatic rings. The van der Waals surface area contributed by atoms with Crippen LogP contribution in [-0.2, 0) is 14.2 Å². The number of rotatable bonds is 9. The van der Waals surface area contributed by atoms with Crippen molar-refractivity contribution in [3.63, 3.8) is 0 Å². The number of carbonyl (C=O) groups excluding carboxylic acids is 1. The number of hydrogen-bond acceptors (Lipinski definition) is 6. The molecule has 0 aromatic carbocycles. The first kappa shape index (κ1) is 29.2. The van der Waals surface area contributed by atoms with Gasteiger partial charge in [-0.3, -0.25) is 0 Å². The summed E-state index contributed by atoms with van der Waals surface area (Å²) >= 11 is 0. The smallest absolute Gasteiger partial charge is 0.407 e. The molecule has 7 nitrogen and oxygen atoms in total. The summed E-state index contributed by atoms with van der Waals surface area (Å²) in [7, 11) is 0. The molecule has 0 spiro atoms. The summed E-state index contributed by atoms with van der Waals surface area (Å²) in [5, 5.41) is 17.5. The Bertz CT molecular complexity index is 916. The number of β-amino-alcohol motifs (C(OH)–C–C–N with tert-alkyl or cyclic N) is 1. The second-order valence-electron chi connectivity index (χ2n) is 12.3. The number of hydrogen-bond donors (Lipinski definition) is 3. The summed E-state index contributed by atoms with van der Waals surface area (Å²) in [4.78, 5) is 12.5. The van der Waals surface area contributed by atoms with Crippen molar-refractivity contribution < 1.29 is 32.9 Å². The number of amides is 1. The molecule has 3 aliphatic carbocycles. The molecule has 0 aromatic heterocycles. The van der Waals surface area contributed by atoms with Gasteiger partial charge >= 0.3 is 6.09 Å². The zero-order valence-corrected chi connectivity index (χ0v) is 22.9. The lowest BCUT2D eigenvalue weighted by atomic mass is 9.76. The Labute approximate surface area is 225 Å². The standard InChI is InChI=1S/C29H44F2N2O5/c1-28(2,3)38-27(35)33-25(13-19-11-23(30)15-24(31)12-19)26(34)16-32-29(8-9-29)22-6-4-5-20(14-22)21-7-10-36-18-37-17-21/h6,11,15,20-21,24-26,32,34H,4-5,7-10,12-14,16-18H2,1-3H3,(H,33,35). The summed E-state index contributed by atoms with van der Waals surface area (Å²) in [5.74, 6) is 0.406. The lowest BCUT2D eigenvalue weighted by Gasteiger charge is -2.34. The van der Waals surface area contributed by atoms with E-state index in [0.717, 1.165) is 57.8 Å². The predicted molar refractivity (Wildman–Crippen MR) is 141 cm³/mol. The summed E-state index contributed by atoms with van der Waals surface area (Å²) < 4.78 is 44.3. The molecule has 9 heteroatoms. The van der Waals surface area contributed by atoms with Gasteiger partial charge in [0.1, 0.15) is 24.4 Å². The third-order valence-electron chi connectivity index (χ3n) is 8.01. The van der Waals surface area contributed by atoms with Gasteiger partial charge < -0.3 is 30.0 Å². The Hall–Kier alpha value is -1.81. The van der Waals surface area contributed by atoms with Crippen molar-refractivity contribution in [1.29, 1.82) is 0 Å². The quantitative estimate of drug-likeness (QED) is 0.358. The van der Waals surface area contributed by atoms with E-state index in [2.05, 4.69) is 16.7 Å². The van der Waals surface area contributed by atoms with E-state index >= 15 is 0 Å². The van der Waals surface area contributed by atoms with E-state index in [0.29, 0.717) is 24.2 Å². The van der Waals surface area contributed by atoms with Crippen LogP contribution < -0.4 is 10.6 Å². The van der Waals surface area contributed by atoms with E-state index in [9.17, 15) is 18.7 Å². The number of aliphatic hydroxyl groups excluding tert-OH is 1. The Balaban J connectivity index is 1.38. The van der Waals surface area contributed by atoms with Gasteiger partial charge in [0.05, 0.1) is 18.8 Å². The van der Waals surface area contributed by atoms with Gasteiger partial charge in [0.25, 0.3) is 0 Å². The van der Waals surface area contributed by atoms with Gasteiger partial charge in [-0.2, -0.15) is 0 Å². The highest BCUT2D eigenvalue weighted by Gasteiger charge is 2.47. The zero-order valence-electron chi connectivity index (χ0n) is 22.9. The van der Waals surface area contributed by atoms with Crippen molar-refractivity contribution in [3.8, 4) is 0 Å². The zero-order chi connectivity index (χ0) is 27.3. The number of nitrogens with one attached hydrogen (secondary N) is 2. The molecule has 1 aliphatic heterocycles. The Kier molecular flexibility index (Phi) is 9.66. The van der Waals surface area contributed by atoms with Gasteiger partial charge in [0, 0.05) is 25.1 Å². The number of aliphatic hydroxyl groups is 1. The molecule has 0 aromatic rings. The third-order valence-corrected chi connectivity index (χ3v) is 8.01. The number of allylic oxidation sites excluding steroid dienone is 4. The molecule has 5 unspecified atom stereocenters. The molecule has 38 heavy (non-hydrogen) atoms. The minimum atomic E-state index is -1.42. The van der Waals surface area contributed by atoms with Crippen LogP contribution in [0.1, 0.15) is 72.1 Å². The van der Waals surface area contributed by atoms with Crippen LogP contribution in [0.4, 0.5) is 13.6 Å². The Morgan fingerprint density at radius 1 is 1.24 bits per heavy atom. The molecule has 0 radical (unpaired) electrons. The van der Waals surface area contributed by atoms with E-state index in [4.69, 9.17) is 14.2 Å². The average Bonchev–Trinajstić information content (AvgIpc) is 3.65. The number of halogens is 2. The van der Waals surface area contributed by atoms with E-state index in [-0.39, 0.29) is 24.9 Å². The van der Waals surface area contributed by atoms with Crippen molar-refractivity contribution in [2.45, 2.75) is 102 Å². The molecule has 4 rings (SSSR count). The first-order valence-electron chi connectivity index (χ1n) is 14.0. The number of ether oxygens (including phenoxy) is 3. The normalized spacial score (nSPS) is 29.2. The van der Waals surface area contributed by atoms with Gasteiger partial charge in [0.2, 0.25) is 0 Å². The SMILES string of the molecule is CC(C)(C)OC(=O)NC(CC1=CC(F)=CC(F)C1)C(O)CNC1(C2=CCCC(C3CCOCOC3)C2)CC1. The van der Waals surface area contributed by atoms with Gasteiger partial charge in [-0.05, 0) is 89.7 Å². The van der Waals surface area contributed by atoms with Crippen molar-refractivity contribution in [1.82, 2.24) is 10.6 Å². The maximum absolute atomic E-state index is 14.0. The molecule has 2 fully saturated rings. The largest absolute Gasteiger partial charge is 0.444 e. The molecule has 0 bridgehead atoms. The molecular weight excluding hydrogens is 494 g/mol. The molecular formula is C29H44F2N2O5. The van der Waals surface area contributed by atoms with Crippen molar-refractivity contribution in [3.05, 3.63) is 35.2 Å².